The van der Waals surface area contributed by atoms with E-state index in [4.69, 9.17) is 0 Å². The molecule has 4 rings (SSSR count). The third-order valence-electron chi connectivity index (χ3n) is 6.64. The summed E-state index contributed by atoms with van der Waals surface area (Å²) in [5, 5.41) is 3.47. The fourth-order valence-electron chi connectivity index (χ4n) is 5.08. The Bertz CT molecular complexity index is 643. The molecule has 0 aliphatic carbocycles. The average molecular weight is 341 g/mol. The number of carbonyl (C=O) groups excluding carboxylic acids is 1. The van der Waals surface area contributed by atoms with Crippen molar-refractivity contribution in [2.24, 2.45) is 5.92 Å². The summed E-state index contributed by atoms with van der Waals surface area (Å²) in [6, 6.07) is 6.63. The molecule has 1 amide bonds. The molecule has 4 heteroatoms. The van der Waals surface area contributed by atoms with E-state index in [1.165, 1.54) is 69.5 Å². The molecule has 0 aromatic heterocycles. The molecule has 0 unspecified atom stereocenters. The number of rotatable bonds is 2. The van der Waals surface area contributed by atoms with Crippen molar-refractivity contribution in [3.05, 3.63) is 29.3 Å². The lowest BCUT2D eigenvalue weighted by molar-refractivity contribution is -0.116. The summed E-state index contributed by atoms with van der Waals surface area (Å²) in [5.74, 6) is 1.04. The van der Waals surface area contributed by atoms with Gasteiger partial charge in [-0.2, -0.15) is 0 Å². The summed E-state index contributed by atoms with van der Waals surface area (Å²) in [7, 11) is 0. The van der Waals surface area contributed by atoms with Crippen LogP contribution in [0, 0.1) is 12.8 Å². The number of anilines is 1. The van der Waals surface area contributed by atoms with Crippen LogP contribution < -0.4 is 10.2 Å². The van der Waals surface area contributed by atoms with Crippen LogP contribution in [-0.4, -0.2) is 50.1 Å². The molecule has 0 bridgehead atoms. The molecule has 4 nitrogen and oxygen atoms in total. The highest BCUT2D eigenvalue weighted by molar-refractivity contribution is 5.94. The van der Waals surface area contributed by atoms with Crippen molar-refractivity contribution in [2.45, 2.75) is 44.9 Å². The third-order valence-corrected chi connectivity index (χ3v) is 6.64. The van der Waals surface area contributed by atoms with Gasteiger partial charge in [-0.05, 0) is 76.3 Å². The van der Waals surface area contributed by atoms with E-state index < -0.39 is 0 Å². The predicted octanol–water partition coefficient (Wildman–Crippen LogP) is 2.69. The summed E-state index contributed by atoms with van der Waals surface area (Å²) in [5.41, 5.74) is 4.06. The maximum Gasteiger partial charge on any atom is 0.223 e. The van der Waals surface area contributed by atoms with Crippen LogP contribution in [0.25, 0.3) is 0 Å². The van der Waals surface area contributed by atoms with Gasteiger partial charge in [0.25, 0.3) is 0 Å². The van der Waals surface area contributed by atoms with Gasteiger partial charge in [0.15, 0.2) is 0 Å². The maximum atomic E-state index is 12.2. The number of fused-ring (bicyclic) bond motifs is 2. The second-order valence-corrected chi connectivity index (χ2v) is 8.40. The molecular formula is C21H31N3O. The molecule has 3 aliphatic heterocycles. The number of hydrogen-bond acceptors (Lipinski definition) is 3. The van der Waals surface area contributed by atoms with Gasteiger partial charge in [0.05, 0.1) is 0 Å². The van der Waals surface area contributed by atoms with Gasteiger partial charge in [-0.15, -0.1) is 0 Å². The highest BCUT2D eigenvalue weighted by Gasteiger charge is 2.45. The lowest BCUT2D eigenvalue weighted by Crippen LogP contribution is -2.47. The first kappa shape index (κ1) is 17.0. The Morgan fingerprint density at radius 3 is 2.64 bits per heavy atom. The molecule has 2 fully saturated rings. The van der Waals surface area contributed by atoms with Crippen LogP contribution in [-0.2, 0) is 10.2 Å². The van der Waals surface area contributed by atoms with Crippen molar-refractivity contribution in [3.8, 4) is 0 Å². The normalized spacial score (nSPS) is 23.8. The van der Waals surface area contributed by atoms with Crippen molar-refractivity contribution in [1.82, 2.24) is 10.2 Å². The standard InChI is InChI=1S/C21H31N3O/c1-16-3-4-20-19(13-16)21(15-24(20)17(2)25)7-11-23(12-8-21)14-18-5-9-22-10-6-18/h3-4,13,18,22H,5-12,14-15H2,1-2H3. The number of aryl methyl sites for hydroxylation is 1. The molecule has 3 aliphatic rings. The van der Waals surface area contributed by atoms with Crippen molar-refractivity contribution < 1.29 is 4.79 Å². The summed E-state index contributed by atoms with van der Waals surface area (Å²) >= 11 is 0. The average Bonchev–Trinajstić information content (AvgIpc) is 2.92. The van der Waals surface area contributed by atoms with Gasteiger partial charge in [-0.3, -0.25) is 4.79 Å². The Kier molecular flexibility index (Phi) is 4.59. The zero-order chi connectivity index (χ0) is 17.4. The number of hydrogen-bond donors (Lipinski definition) is 1. The monoisotopic (exact) mass is 341 g/mol. The minimum Gasteiger partial charge on any atom is -0.317 e. The quantitative estimate of drug-likeness (QED) is 0.898. The number of carbonyl (C=O) groups is 1. The second kappa shape index (κ2) is 6.73. The molecular weight excluding hydrogens is 310 g/mol. The summed E-state index contributed by atoms with van der Waals surface area (Å²) < 4.78 is 0. The van der Waals surface area contributed by atoms with Gasteiger partial charge in [-0.25, -0.2) is 0 Å². The van der Waals surface area contributed by atoms with Gasteiger partial charge < -0.3 is 15.1 Å². The number of nitrogens with zero attached hydrogens (tertiary/aromatic N) is 2. The van der Waals surface area contributed by atoms with E-state index in [9.17, 15) is 4.79 Å². The molecule has 0 radical (unpaired) electrons. The van der Waals surface area contributed by atoms with E-state index in [0.717, 1.165) is 18.2 Å². The fourth-order valence-corrected chi connectivity index (χ4v) is 5.08. The SMILES string of the molecule is CC(=O)N1CC2(CCN(CC3CCNCC3)CC2)c2cc(C)ccc21. The Balaban J connectivity index is 1.48. The lowest BCUT2D eigenvalue weighted by atomic mass is 9.74. The molecule has 2 saturated heterocycles. The summed E-state index contributed by atoms with van der Waals surface area (Å²) in [6.07, 6.45) is 5.00. The van der Waals surface area contributed by atoms with Crippen molar-refractivity contribution in [2.75, 3.05) is 44.2 Å². The predicted molar refractivity (Wildman–Crippen MR) is 102 cm³/mol. The van der Waals surface area contributed by atoms with Gasteiger partial charge in [0.1, 0.15) is 0 Å². The van der Waals surface area contributed by atoms with E-state index in [1.807, 2.05) is 4.90 Å². The zero-order valence-electron chi connectivity index (χ0n) is 15.7. The molecule has 1 aromatic carbocycles. The van der Waals surface area contributed by atoms with Crippen LogP contribution >= 0.6 is 0 Å². The minimum absolute atomic E-state index is 0.178. The molecule has 0 saturated carbocycles. The van der Waals surface area contributed by atoms with E-state index >= 15 is 0 Å². The number of amides is 1. The summed E-state index contributed by atoms with van der Waals surface area (Å²) in [6.45, 7) is 10.7. The van der Waals surface area contributed by atoms with Crippen LogP contribution in [0.5, 0.6) is 0 Å². The molecule has 1 N–H and O–H groups in total. The van der Waals surface area contributed by atoms with Gasteiger partial charge >= 0.3 is 0 Å². The van der Waals surface area contributed by atoms with E-state index in [0.29, 0.717) is 0 Å². The first-order valence-electron chi connectivity index (χ1n) is 9.90. The molecule has 1 aromatic rings. The third kappa shape index (κ3) is 3.22. The second-order valence-electron chi connectivity index (χ2n) is 8.40. The number of nitrogens with one attached hydrogen (secondary N) is 1. The molecule has 1 spiro atoms. The first-order valence-corrected chi connectivity index (χ1v) is 9.90. The van der Waals surface area contributed by atoms with Crippen LogP contribution in [0.3, 0.4) is 0 Å². The molecule has 3 heterocycles. The fraction of sp³-hybridized carbons (Fsp3) is 0.667. The summed E-state index contributed by atoms with van der Waals surface area (Å²) in [4.78, 5) is 16.8. The Morgan fingerprint density at radius 2 is 1.96 bits per heavy atom. The first-order chi connectivity index (χ1) is 12.1. The zero-order valence-corrected chi connectivity index (χ0v) is 15.7. The van der Waals surface area contributed by atoms with Crippen molar-refractivity contribution >= 4 is 11.6 Å². The number of piperidine rings is 2. The number of likely N-dealkylation sites (tertiary alicyclic amines) is 1. The molecule has 0 atom stereocenters. The van der Waals surface area contributed by atoms with E-state index in [-0.39, 0.29) is 11.3 Å². The minimum atomic E-state index is 0.178. The lowest BCUT2D eigenvalue weighted by Gasteiger charge is -2.41. The Hall–Kier alpha value is -1.39. The van der Waals surface area contributed by atoms with Gasteiger partial charge in [0, 0.05) is 31.1 Å². The Morgan fingerprint density at radius 1 is 1.24 bits per heavy atom. The smallest absolute Gasteiger partial charge is 0.223 e. The largest absolute Gasteiger partial charge is 0.317 e. The van der Waals surface area contributed by atoms with Crippen LogP contribution in [0.4, 0.5) is 5.69 Å². The van der Waals surface area contributed by atoms with Crippen LogP contribution in [0.1, 0.15) is 43.7 Å². The number of benzene rings is 1. The molecule has 25 heavy (non-hydrogen) atoms. The van der Waals surface area contributed by atoms with E-state index in [1.54, 1.807) is 6.92 Å². The van der Waals surface area contributed by atoms with Crippen molar-refractivity contribution in [3.63, 3.8) is 0 Å². The topological polar surface area (TPSA) is 35.6 Å². The maximum absolute atomic E-state index is 12.2. The van der Waals surface area contributed by atoms with Crippen molar-refractivity contribution in [1.29, 1.82) is 0 Å². The molecule has 136 valence electrons. The van der Waals surface area contributed by atoms with Crippen LogP contribution in [0.2, 0.25) is 0 Å². The van der Waals surface area contributed by atoms with Crippen LogP contribution in [0.15, 0.2) is 18.2 Å². The van der Waals surface area contributed by atoms with Gasteiger partial charge in [0.2, 0.25) is 5.91 Å². The van der Waals surface area contributed by atoms with E-state index in [2.05, 4.69) is 35.3 Å². The Labute approximate surface area is 151 Å². The van der Waals surface area contributed by atoms with Gasteiger partial charge in [-0.1, -0.05) is 17.7 Å². The highest BCUT2D eigenvalue weighted by Crippen LogP contribution is 2.47. The highest BCUT2D eigenvalue weighted by atomic mass is 16.2.